The summed E-state index contributed by atoms with van der Waals surface area (Å²) in [6, 6.07) is 8.18. The molecule has 6 heteroatoms. The van der Waals surface area contributed by atoms with Crippen molar-refractivity contribution in [3.8, 4) is 0 Å². The summed E-state index contributed by atoms with van der Waals surface area (Å²) >= 11 is 0. The van der Waals surface area contributed by atoms with Gasteiger partial charge in [0.2, 0.25) is 5.91 Å². The Morgan fingerprint density at radius 2 is 2.32 bits per heavy atom. The summed E-state index contributed by atoms with van der Waals surface area (Å²) in [5, 5.41) is 2.90. The van der Waals surface area contributed by atoms with Crippen LogP contribution in [0.25, 0.3) is 0 Å². The van der Waals surface area contributed by atoms with E-state index in [1.54, 1.807) is 6.26 Å². The molecule has 0 unspecified atom stereocenters. The first-order valence-electron chi connectivity index (χ1n) is 8.71. The van der Waals surface area contributed by atoms with Crippen molar-refractivity contribution >= 4 is 5.91 Å². The summed E-state index contributed by atoms with van der Waals surface area (Å²) in [5.74, 6) is 1.28. The minimum atomic E-state index is 0.0168. The molecule has 134 valence electrons. The van der Waals surface area contributed by atoms with E-state index in [4.69, 9.17) is 4.42 Å². The molecule has 25 heavy (non-hydrogen) atoms. The van der Waals surface area contributed by atoms with Crippen LogP contribution in [0.2, 0.25) is 0 Å². The number of pyridine rings is 1. The maximum atomic E-state index is 12.1. The first-order chi connectivity index (χ1) is 12.1. The molecule has 1 fully saturated rings. The van der Waals surface area contributed by atoms with Crippen LogP contribution in [0.1, 0.15) is 23.8 Å². The maximum Gasteiger partial charge on any atom is 0.234 e. The standard InChI is InChI=1S/C19H26N4O2/c1-22(14-18(24)21-12-17-6-4-10-25-17)13-16-7-9-23(2)19(16)15-5-3-8-20-11-15/h3-6,8,10-11,16,19H,7,9,12-14H2,1-2H3,(H,21,24)/t16-,19-/m0/s1. The Hall–Kier alpha value is -2.18. The predicted octanol–water partition coefficient (Wildman–Crippen LogP) is 1.92. The second-order valence-electron chi connectivity index (χ2n) is 6.81. The zero-order valence-corrected chi connectivity index (χ0v) is 14.9. The highest BCUT2D eigenvalue weighted by Crippen LogP contribution is 2.35. The molecule has 3 heterocycles. The van der Waals surface area contributed by atoms with Gasteiger partial charge in [-0.25, -0.2) is 0 Å². The summed E-state index contributed by atoms with van der Waals surface area (Å²) in [6.45, 7) is 2.78. The lowest BCUT2D eigenvalue weighted by molar-refractivity contribution is -0.122. The van der Waals surface area contributed by atoms with Crippen molar-refractivity contribution in [1.29, 1.82) is 0 Å². The Morgan fingerprint density at radius 3 is 3.04 bits per heavy atom. The Kier molecular flexibility index (Phi) is 5.83. The average molecular weight is 342 g/mol. The monoisotopic (exact) mass is 342 g/mol. The van der Waals surface area contributed by atoms with Gasteiger partial charge >= 0.3 is 0 Å². The van der Waals surface area contributed by atoms with Gasteiger partial charge in [-0.2, -0.15) is 0 Å². The largest absolute Gasteiger partial charge is 0.467 e. The number of likely N-dealkylation sites (N-methyl/N-ethyl adjacent to an activating group) is 1. The number of hydrogen-bond acceptors (Lipinski definition) is 5. The molecule has 1 amide bonds. The van der Waals surface area contributed by atoms with Gasteiger partial charge in [-0.1, -0.05) is 6.07 Å². The molecule has 2 atom stereocenters. The summed E-state index contributed by atoms with van der Waals surface area (Å²) in [4.78, 5) is 20.9. The number of furan rings is 1. The molecule has 2 aromatic rings. The van der Waals surface area contributed by atoms with E-state index in [0.717, 1.165) is 25.3 Å². The number of amides is 1. The van der Waals surface area contributed by atoms with E-state index in [1.807, 2.05) is 37.6 Å². The Morgan fingerprint density at radius 1 is 1.44 bits per heavy atom. The summed E-state index contributed by atoms with van der Waals surface area (Å²) in [7, 11) is 4.17. The molecule has 2 aromatic heterocycles. The summed E-state index contributed by atoms with van der Waals surface area (Å²) < 4.78 is 5.23. The Labute approximate surface area is 148 Å². The van der Waals surface area contributed by atoms with E-state index in [0.29, 0.717) is 25.0 Å². The van der Waals surface area contributed by atoms with Gasteiger partial charge in [0.1, 0.15) is 5.76 Å². The zero-order valence-electron chi connectivity index (χ0n) is 14.9. The van der Waals surface area contributed by atoms with Crippen molar-refractivity contribution in [3.63, 3.8) is 0 Å². The fourth-order valence-electron chi connectivity index (χ4n) is 3.66. The SMILES string of the molecule is CN(CC(=O)NCc1ccco1)C[C@@H]1CCN(C)[C@H]1c1cccnc1. The predicted molar refractivity (Wildman–Crippen MR) is 95.8 cm³/mol. The van der Waals surface area contributed by atoms with Crippen LogP contribution in [0, 0.1) is 5.92 Å². The van der Waals surface area contributed by atoms with Crippen LogP contribution in [0.15, 0.2) is 47.3 Å². The second-order valence-corrected chi connectivity index (χ2v) is 6.81. The molecule has 1 aliphatic heterocycles. The van der Waals surface area contributed by atoms with Crippen LogP contribution >= 0.6 is 0 Å². The lowest BCUT2D eigenvalue weighted by atomic mass is 9.94. The van der Waals surface area contributed by atoms with Gasteiger partial charge in [-0.05, 0) is 56.7 Å². The highest BCUT2D eigenvalue weighted by molar-refractivity contribution is 5.77. The number of nitrogens with one attached hydrogen (secondary N) is 1. The van der Waals surface area contributed by atoms with Crippen molar-refractivity contribution in [1.82, 2.24) is 20.1 Å². The van der Waals surface area contributed by atoms with E-state index < -0.39 is 0 Å². The Bertz CT molecular complexity index is 659. The van der Waals surface area contributed by atoms with E-state index in [1.165, 1.54) is 5.56 Å². The lowest BCUT2D eigenvalue weighted by Crippen LogP contribution is -2.38. The van der Waals surface area contributed by atoms with Gasteiger partial charge in [0.25, 0.3) is 0 Å². The first kappa shape index (κ1) is 17.6. The summed E-state index contributed by atoms with van der Waals surface area (Å²) in [6.07, 6.45) is 6.51. The second kappa shape index (κ2) is 8.27. The number of hydrogen-bond donors (Lipinski definition) is 1. The lowest BCUT2D eigenvalue weighted by Gasteiger charge is -2.28. The molecule has 1 aliphatic rings. The highest BCUT2D eigenvalue weighted by atomic mass is 16.3. The van der Waals surface area contributed by atoms with Crippen LogP contribution in [0.4, 0.5) is 0 Å². The van der Waals surface area contributed by atoms with E-state index in [-0.39, 0.29) is 5.91 Å². The zero-order chi connectivity index (χ0) is 17.6. The van der Waals surface area contributed by atoms with Crippen molar-refractivity contribution in [2.75, 3.05) is 33.7 Å². The molecule has 0 aromatic carbocycles. The van der Waals surface area contributed by atoms with Gasteiger partial charge in [0.05, 0.1) is 19.4 Å². The molecule has 0 radical (unpaired) electrons. The van der Waals surface area contributed by atoms with Gasteiger partial charge in [0.15, 0.2) is 0 Å². The van der Waals surface area contributed by atoms with E-state index in [9.17, 15) is 4.79 Å². The minimum Gasteiger partial charge on any atom is -0.467 e. The quantitative estimate of drug-likeness (QED) is 0.833. The Balaban J connectivity index is 1.51. The number of carbonyl (C=O) groups is 1. The number of rotatable bonds is 7. The minimum absolute atomic E-state index is 0.0168. The molecule has 0 aliphatic carbocycles. The topological polar surface area (TPSA) is 61.6 Å². The van der Waals surface area contributed by atoms with Gasteiger partial charge in [-0.3, -0.25) is 19.6 Å². The number of likely N-dealkylation sites (tertiary alicyclic amines) is 1. The molecule has 1 N–H and O–H groups in total. The summed E-state index contributed by atoms with van der Waals surface area (Å²) in [5.41, 5.74) is 1.25. The number of aromatic nitrogens is 1. The molecule has 3 rings (SSSR count). The molecule has 6 nitrogen and oxygen atoms in total. The number of nitrogens with zero attached hydrogens (tertiary/aromatic N) is 3. The maximum absolute atomic E-state index is 12.1. The molecule has 0 bridgehead atoms. The molecular formula is C19H26N4O2. The third-order valence-corrected chi connectivity index (χ3v) is 4.80. The fourth-order valence-corrected chi connectivity index (χ4v) is 3.66. The van der Waals surface area contributed by atoms with Crippen LogP contribution in [-0.4, -0.2) is 54.4 Å². The van der Waals surface area contributed by atoms with Crippen LogP contribution < -0.4 is 5.32 Å². The molecule has 1 saturated heterocycles. The fraction of sp³-hybridized carbons (Fsp3) is 0.474. The normalized spacial score (nSPS) is 20.9. The van der Waals surface area contributed by atoms with Crippen molar-refractivity contribution < 1.29 is 9.21 Å². The van der Waals surface area contributed by atoms with Crippen LogP contribution in [0.5, 0.6) is 0 Å². The van der Waals surface area contributed by atoms with Crippen molar-refractivity contribution in [3.05, 3.63) is 54.2 Å². The third kappa shape index (κ3) is 4.67. The van der Waals surface area contributed by atoms with Crippen LogP contribution in [0.3, 0.4) is 0 Å². The third-order valence-electron chi connectivity index (χ3n) is 4.80. The smallest absolute Gasteiger partial charge is 0.234 e. The van der Waals surface area contributed by atoms with Crippen LogP contribution in [-0.2, 0) is 11.3 Å². The van der Waals surface area contributed by atoms with Gasteiger partial charge in [-0.15, -0.1) is 0 Å². The van der Waals surface area contributed by atoms with Crippen molar-refractivity contribution in [2.45, 2.75) is 19.0 Å². The van der Waals surface area contributed by atoms with E-state index in [2.05, 4.69) is 33.2 Å². The first-order valence-corrected chi connectivity index (χ1v) is 8.71. The highest BCUT2D eigenvalue weighted by Gasteiger charge is 2.33. The van der Waals surface area contributed by atoms with E-state index >= 15 is 0 Å². The molecular weight excluding hydrogens is 316 g/mol. The molecule has 0 saturated carbocycles. The van der Waals surface area contributed by atoms with Gasteiger partial charge < -0.3 is 9.73 Å². The molecule has 0 spiro atoms. The van der Waals surface area contributed by atoms with Crippen molar-refractivity contribution in [2.24, 2.45) is 5.92 Å². The van der Waals surface area contributed by atoms with Gasteiger partial charge in [0, 0.05) is 25.0 Å². The number of carbonyl (C=O) groups excluding carboxylic acids is 1. The average Bonchev–Trinajstić information content (AvgIpc) is 3.24.